The van der Waals surface area contributed by atoms with Gasteiger partial charge in [0.25, 0.3) is 5.91 Å². The zero-order valence-corrected chi connectivity index (χ0v) is 19.4. The van der Waals surface area contributed by atoms with Crippen LogP contribution in [0.2, 0.25) is 0 Å². The van der Waals surface area contributed by atoms with Crippen LogP contribution in [0.1, 0.15) is 41.5 Å². The quantitative estimate of drug-likeness (QED) is 0.495. The highest BCUT2D eigenvalue weighted by Crippen LogP contribution is 2.29. The summed E-state index contributed by atoms with van der Waals surface area (Å²) in [7, 11) is 0. The molecular formula is C28H26N4O3. The number of carbonyl (C=O) groups excluding carboxylic acids is 3. The maximum atomic E-state index is 13.1. The number of benzene rings is 3. The van der Waals surface area contributed by atoms with Crippen LogP contribution in [0.5, 0.6) is 0 Å². The summed E-state index contributed by atoms with van der Waals surface area (Å²) in [6, 6.07) is 28.0. The van der Waals surface area contributed by atoms with Gasteiger partial charge in [-0.25, -0.2) is 4.79 Å². The van der Waals surface area contributed by atoms with Crippen LogP contribution in [0.4, 0.5) is 4.79 Å². The number of nitrogens with zero attached hydrogens (tertiary/aromatic N) is 2. The van der Waals surface area contributed by atoms with Crippen LogP contribution in [0.3, 0.4) is 0 Å². The molecule has 2 N–H and O–H groups in total. The Morgan fingerprint density at radius 3 is 2.09 bits per heavy atom. The predicted molar refractivity (Wildman–Crippen MR) is 131 cm³/mol. The smallest absolute Gasteiger partial charge is 0.325 e. The molecule has 3 aromatic carbocycles. The first-order chi connectivity index (χ1) is 16.9. The Bertz CT molecular complexity index is 1210. The molecule has 0 bridgehead atoms. The number of hydrogen-bond acceptors (Lipinski definition) is 4. The predicted octanol–water partition coefficient (Wildman–Crippen LogP) is 3.66. The lowest BCUT2D eigenvalue weighted by Gasteiger charge is -2.22. The highest BCUT2D eigenvalue weighted by atomic mass is 16.2. The molecule has 0 aromatic heterocycles. The Hall–Kier alpha value is -4.44. The van der Waals surface area contributed by atoms with E-state index in [2.05, 4.69) is 34.9 Å². The number of nitriles is 1. The fourth-order valence-corrected chi connectivity index (χ4v) is 4.37. The highest BCUT2D eigenvalue weighted by molar-refractivity contribution is 6.09. The largest absolute Gasteiger partial charge is 0.355 e. The van der Waals surface area contributed by atoms with Crippen molar-refractivity contribution in [2.75, 3.05) is 13.1 Å². The Balaban J connectivity index is 1.38. The number of hydrogen-bond donors (Lipinski definition) is 2. The van der Waals surface area contributed by atoms with Crippen molar-refractivity contribution in [1.29, 1.82) is 5.26 Å². The summed E-state index contributed by atoms with van der Waals surface area (Å²) in [6.07, 6.45) is 0.670. The Morgan fingerprint density at radius 2 is 1.54 bits per heavy atom. The fraction of sp³-hybridized carbons (Fsp3) is 0.214. The molecular weight excluding hydrogens is 440 g/mol. The lowest BCUT2D eigenvalue weighted by Crippen LogP contribution is -2.43. The molecule has 1 heterocycles. The topological polar surface area (TPSA) is 102 Å². The first-order valence-electron chi connectivity index (χ1n) is 11.4. The van der Waals surface area contributed by atoms with Gasteiger partial charge < -0.3 is 10.6 Å². The van der Waals surface area contributed by atoms with Gasteiger partial charge in [-0.05, 0) is 42.2 Å². The van der Waals surface area contributed by atoms with Crippen molar-refractivity contribution >= 4 is 17.8 Å². The van der Waals surface area contributed by atoms with Gasteiger partial charge in [0.1, 0.15) is 12.1 Å². The van der Waals surface area contributed by atoms with E-state index in [1.165, 1.54) is 0 Å². The molecule has 35 heavy (non-hydrogen) atoms. The van der Waals surface area contributed by atoms with Crippen molar-refractivity contribution in [1.82, 2.24) is 15.5 Å². The molecule has 0 spiro atoms. The van der Waals surface area contributed by atoms with Gasteiger partial charge in [0.15, 0.2) is 0 Å². The molecule has 1 aliphatic heterocycles. The monoisotopic (exact) mass is 466 g/mol. The molecule has 7 nitrogen and oxygen atoms in total. The number of carbonyl (C=O) groups is 3. The summed E-state index contributed by atoms with van der Waals surface area (Å²) < 4.78 is 0. The third-order valence-corrected chi connectivity index (χ3v) is 6.33. The normalized spacial score (nSPS) is 17.2. The van der Waals surface area contributed by atoms with Gasteiger partial charge in [-0.1, -0.05) is 72.8 Å². The first-order valence-corrected chi connectivity index (χ1v) is 11.4. The number of urea groups is 1. The first kappa shape index (κ1) is 23.7. The summed E-state index contributed by atoms with van der Waals surface area (Å²) in [5.41, 5.74) is 2.01. The van der Waals surface area contributed by atoms with E-state index in [0.717, 1.165) is 16.0 Å². The van der Waals surface area contributed by atoms with Gasteiger partial charge in [0, 0.05) is 12.5 Å². The van der Waals surface area contributed by atoms with Gasteiger partial charge in [-0.15, -0.1) is 0 Å². The van der Waals surface area contributed by atoms with Crippen LogP contribution in [0, 0.1) is 11.3 Å². The molecule has 7 heteroatoms. The number of amides is 4. The molecule has 1 saturated heterocycles. The maximum Gasteiger partial charge on any atom is 0.325 e. The van der Waals surface area contributed by atoms with Gasteiger partial charge >= 0.3 is 6.03 Å². The number of rotatable bonds is 8. The maximum absolute atomic E-state index is 13.1. The van der Waals surface area contributed by atoms with E-state index in [-0.39, 0.29) is 12.5 Å². The van der Waals surface area contributed by atoms with Crippen molar-refractivity contribution < 1.29 is 14.4 Å². The minimum Gasteiger partial charge on any atom is -0.355 e. The van der Waals surface area contributed by atoms with Gasteiger partial charge in [-0.3, -0.25) is 14.5 Å². The van der Waals surface area contributed by atoms with Crippen LogP contribution in [-0.4, -0.2) is 35.8 Å². The SMILES string of the molecule is CC1(c2ccc(C#N)cc2)NC(=O)N(CC(=O)NCCC(c2ccccc2)c2ccccc2)C1=O. The molecule has 4 amide bonds. The van der Waals surface area contributed by atoms with Gasteiger partial charge in [0.2, 0.25) is 5.91 Å². The molecule has 0 radical (unpaired) electrons. The molecule has 1 fully saturated rings. The molecule has 0 aliphatic carbocycles. The zero-order chi connectivity index (χ0) is 24.8. The minimum atomic E-state index is -1.29. The zero-order valence-electron chi connectivity index (χ0n) is 19.4. The standard InChI is InChI=1S/C28H26N4O3/c1-28(23-14-12-20(18-29)13-15-23)26(34)32(27(35)31-28)19-25(33)30-17-16-24(21-8-4-2-5-9-21)22-10-6-3-7-11-22/h2-15,24H,16-17,19H2,1H3,(H,30,33)(H,31,35). The van der Waals surface area contributed by atoms with Crippen molar-refractivity contribution in [2.45, 2.75) is 24.8 Å². The van der Waals surface area contributed by atoms with Gasteiger partial charge in [-0.2, -0.15) is 5.26 Å². The molecule has 3 aromatic rings. The second-order valence-electron chi connectivity index (χ2n) is 8.65. The van der Waals surface area contributed by atoms with Crippen molar-refractivity contribution in [3.63, 3.8) is 0 Å². The summed E-state index contributed by atoms with van der Waals surface area (Å²) in [6.45, 7) is 1.62. The second-order valence-corrected chi connectivity index (χ2v) is 8.65. The third kappa shape index (κ3) is 5.07. The lowest BCUT2D eigenvalue weighted by atomic mass is 9.88. The van der Waals surface area contributed by atoms with Crippen molar-refractivity contribution in [2.24, 2.45) is 0 Å². The van der Waals surface area contributed by atoms with E-state index in [9.17, 15) is 14.4 Å². The van der Waals surface area contributed by atoms with E-state index < -0.39 is 23.4 Å². The molecule has 1 unspecified atom stereocenters. The lowest BCUT2D eigenvalue weighted by molar-refractivity contribution is -0.134. The second kappa shape index (κ2) is 10.2. The van der Waals surface area contributed by atoms with E-state index in [4.69, 9.17) is 5.26 Å². The Morgan fingerprint density at radius 1 is 0.971 bits per heavy atom. The molecule has 4 rings (SSSR count). The molecule has 176 valence electrons. The summed E-state index contributed by atoms with van der Waals surface area (Å²) in [5.74, 6) is -0.805. The molecule has 0 saturated carbocycles. The number of nitrogens with one attached hydrogen (secondary N) is 2. The van der Waals surface area contributed by atoms with E-state index in [1.54, 1.807) is 31.2 Å². The van der Waals surface area contributed by atoms with Crippen LogP contribution in [0.25, 0.3) is 0 Å². The van der Waals surface area contributed by atoms with Crippen molar-refractivity contribution in [3.8, 4) is 6.07 Å². The van der Waals surface area contributed by atoms with Crippen LogP contribution >= 0.6 is 0 Å². The number of imide groups is 1. The van der Waals surface area contributed by atoms with E-state index >= 15 is 0 Å². The van der Waals surface area contributed by atoms with Crippen LogP contribution in [-0.2, 0) is 15.1 Å². The van der Waals surface area contributed by atoms with Crippen LogP contribution < -0.4 is 10.6 Å². The van der Waals surface area contributed by atoms with E-state index in [0.29, 0.717) is 24.1 Å². The summed E-state index contributed by atoms with van der Waals surface area (Å²) in [4.78, 5) is 39.2. The summed E-state index contributed by atoms with van der Waals surface area (Å²) in [5, 5.41) is 14.5. The Labute approximate surface area is 204 Å². The molecule has 1 aliphatic rings. The average Bonchev–Trinajstić information content (AvgIpc) is 3.11. The van der Waals surface area contributed by atoms with Crippen LogP contribution in [0.15, 0.2) is 84.9 Å². The summed E-state index contributed by atoms with van der Waals surface area (Å²) >= 11 is 0. The highest BCUT2D eigenvalue weighted by Gasteiger charge is 2.49. The van der Waals surface area contributed by atoms with Gasteiger partial charge in [0.05, 0.1) is 11.6 Å². The fourth-order valence-electron chi connectivity index (χ4n) is 4.37. The Kier molecular flexibility index (Phi) is 6.93. The van der Waals surface area contributed by atoms with E-state index in [1.807, 2.05) is 42.5 Å². The molecule has 1 atom stereocenters. The minimum absolute atomic E-state index is 0.106. The average molecular weight is 467 g/mol. The third-order valence-electron chi connectivity index (χ3n) is 6.33. The van der Waals surface area contributed by atoms with Crippen molar-refractivity contribution in [3.05, 3.63) is 107 Å².